The Morgan fingerprint density at radius 3 is 1.62 bits per heavy atom. The lowest BCUT2D eigenvalue weighted by Crippen LogP contribution is -2.33. The Morgan fingerprint density at radius 2 is 0.956 bits per heavy atom. The summed E-state index contributed by atoms with van der Waals surface area (Å²) in [7, 11) is 0. The maximum absolute atomic E-state index is 2.64. The summed E-state index contributed by atoms with van der Waals surface area (Å²) < 4.78 is 2.44. The second-order valence-electron chi connectivity index (χ2n) is 12.6. The van der Waals surface area contributed by atoms with E-state index in [0.29, 0.717) is 17.9 Å². The summed E-state index contributed by atoms with van der Waals surface area (Å²) >= 11 is 0. The van der Waals surface area contributed by atoms with Crippen LogP contribution in [0.1, 0.15) is 24.8 Å². The first kappa shape index (κ1) is 26.1. The van der Waals surface area contributed by atoms with Crippen molar-refractivity contribution in [2.45, 2.75) is 25.3 Å². The molecule has 0 spiro atoms. The molecule has 0 saturated carbocycles. The number of hydrogen-bond donors (Lipinski definition) is 0. The maximum atomic E-state index is 2.64. The zero-order valence-electron chi connectivity index (χ0n) is 25.3. The molecule has 0 radical (unpaired) electrons. The number of para-hydroxylation sites is 5. The number of rotatable bonds is 4. The van der Waals surface area contributed by atoms with Crippen LogP contribution in [-0.2, 0) is 0 Å². The van der Waals surface area contributed by atoms with E-state index in [1.807, 2.05) is 0 Å². The van der Waals surface area contributed by atoms with Gasteiger partial charge in [0.2, 0.25) is 0 Å². The highest BCUT2D eigenvalue weighted by Crippen LogP contribution is 2.52. The first-order valence-electron chi connectivity index (χ1n) is 16.1. The van der Waals surface area contributed by atoms with Gasteiger partial charge in [0.05, 0.1) is 16.7 Å². The summed E-state index contributed by atoms with van der Waals surface area (Å²) in [6.45, 7) is 2.35. The van der Waals surface area contributed by atoms with Crippen LogP contribution in [0.3, 0.4) is 0 Å². The summed E-state index contributed by atoms with van der Waals surface area (Å²) in [6.07, 6.45) is 6.01. The third-order valence-electron chi connectivity index (χ3n) is 9.96. The summed E-state index contributed by atoms with van der Waals surface area (Å²) in [5.41, 5.74) is 12.7. The molecule has 2 nitrogen and oxygen atoms in total. The molecule has 0 bridgehead atoms. The second-order valence-corrected chi connectivity index (χ2v) is 12.6. The molecular weight excluding hydrogens is 544 g/mol. The molecule has 3 unspecified atom stereocenters. The Balaban J connectivity index is 1.26. The van der Waals surface area contributed by atoms with E-state index in [2.05, 4.69) is 174 Å². The first-order valence-corrected chi connectivity index (χ1v) is 16.1. The summed E-state index contributed by atoms with van der Waals surface area (Å²) in [5.74, 6) is 0.970. The number of nitrogens with zero attached hydrogens (tertiary/aromatic N) is 2. The van der Waals surface area contributed by atoms with Crippen molar-refractivity contribution in [1.82, 2.24) is 4.57 Å². The first-order chi connectivity index (χ1) is 22.3. The van der Waals surface area contributed by atoms with E-state index in [1.54, 1.807) is 0 Å². The van der Waals surface area contributed by atoms with Gasteiger partial charge in [-0.25, -0.2) is 0 Å². The number of hydrogen-bond acceptors (Lipinski definition) is 1. The minimum atomic E-state index is 0.403. The highest BCUT2D eigenvalue weighted by molar-refractivity contribution is 6.10. The normalized spacial score (nSPS) is 18.8. The van der Waals surface area contributed by atoms with Gasteiger partial charge in [-0.3, -0.25) is 0 Å². The van der Waals surface area contributed by atoms with Gasteiger partial charge in [0.1, 0.15) is 0 Å². The number of fused-ring (bicyclic) bond motifs is 6. The van der Waals surface area contributed by atoms with Crippen molar-refractivity contribution in [3.05, 3.63) is 163 Å². The van der Waals surface area contributed by atoms with Gasteiger partial charge >= 0.3 is 0 Å². The molecule has 1 aliphatic carbocycles. The van der Waals surface area contributed by atoms with Crippen LogP contribution in [0.5, 0.6) is 0 Å². The topological polar surface area (TPSA) is 8.17 Å². The van der Waals surface area contributed by atoms with Gasteiger partial charge in [-0.2, -0.15) is 0 Å². The molecule has 7 aromatic rings. The maximum Gasteiger partial charge on any atom is 0.0541 e. The molecule has 216 valence electrons. The van der Waals surface area contributed by atoms with Crippen LogP contribution >= 0.6 is 0 Å². The fourth-order valence-electron chi connectivity index (χ4n) is 8.04. The molecule has 9 rings (SSSR count). The molecule has 0 N–H and O–H groups in total. The number of allylic oxidation sites excluding steroid dienone is 1. The third kappa shape index (κ3) is 4.02. The van der Waals surface area contributed by atoms with E-state index in [9.17, 15) is 0 Å². The van der Waals surface area contributed by atoms with E-state index in [0.717, 1.165) is 6.42 Å². The molecule has 2 heteroatoms. The van der Waals surface area contributed by atoms with Crippen LogP contribution in [0.15, 0.2) is 158 Å². The van der Waals surface area contributed by atoms with E-state index >= 15 is 0 Å². The predicted molar refractivity (Wildman–Crippen MR) is 190 cm³/mol. The fourth-order valence-corrected chi connectivity index (χ4v) is 8.04. The van der Waals surface area contributed by atoms with Crippen LogP contribution in [0.2, 0.25) is 0 Å². The molecule has 45 heavy (non-hydrogen) atoms. The zero-order valence-corrected chi connectivity index (χ0v) is 25.3. The Kier molecular flexibility index (Phi) is 6.02. The number of benzene rings is 6. The van der Waals surface area contributed by atoms with Crippen LogP contribution in [0.25, 0.3) is 49.7 Å². The van der Waals surface area contributed by atoms with Gasteiger partial charge in [0.15, 0.2) is 0 Å². The highest BCUT2D eigenvalue weighted by atomic mass is 15.2. The van der Waals surface area contributed by atoms with E-state index < -0.39 is 0 Å². The standard InChI is InChI=1S/C43H34N2/c1-29-26-27-37-36-20-8-13-25-42(36)45(43(37)28-29)39-22-10-5-17-33(39)31-15-3-2-14-30(31)32-16-4-9-21-38(32)44-40-23-11-6-18-34(40)35-19-7-12-24-41(35)44/h2-27,29,37,43H,28H2,1H3. The van der Waals surface area contributed by atoms with Gasteiger partial charge in [0, 0.05) is 45.2 Å². The largest absolute Gasteiger partial charge is 0.337 e. The van der Waals surface area contributed by atoms with Crippen molar-refractivity contribution in [2.24, 2.45) is 5.92 Å². The smallest absolute Gasteiger partial charge is 0.0541 e. The molecule has 0 amide bonds. The molecule has 1 aromatic heterocycles. The average Bonchev–Trinajstić information content (AvgIpc) is 3.61. The van der Waals surface area contributed by atoms with Gasteiger partial charge in [-0.1, -0.05) is 134 Å². The molecule has 2 heterocycles. The lowest BCUT2D eigenvalue weighted by atomic mass is 9.83. The van der Waals surface area contributed by atoms with Crippen LogP contribution < -0.4 is 4.90 Å². The minimum absolute atomic E-state index is 0.403. The monoisotopic (exact) mass is 578 g/mol. The Bertz CT molecular complexity index is 2200. The quantitative estimate of drug-likeness (QED) is 0.189. The lowest BCUT2D eigenvalue weighted by Gasteiger charge is -2.35. The molecule has 1 aliphatic heterocycles. The Hall–Kier alpha value is -5.34. The molecule has 0 fully saturated rings. The zero-order chi connectivity index (χ0) is 29.9. The SMILES string of the molecule is CC1C=CC2c3ccccc3N(c3ccccc3-c3ccccc3-c3ccccc3-n3c4ccccc4c4ccccc43)C2C1. The summed E-state index contributed by atoms with van der Waals surface area (Å²) in [6, 6.07) is 53.9. The second kappa shape index (κ2) is 10.4. The van der Waals surface area contributed by atoms with Crippen molar-refractivity contribution < 1.29 is 0 Å². The predicted octanol–water partition coefficient (Wildman–Crippen LogP) is 11.3. The Labute approximate surface area is 264 Å². The summed E-state index contributed by atoms with van der Waals surface area (Å²) in [4.78, 5) is 2.64. The number of aromatic nitrogens is 1. The van der Waals surface area contributed by atoms with Crippen LogP contribution in [0, 0.1) is 5.92 Å². The molecular formula is C43H34N2. The third-order valence-corrected chi connectivity index (χ3v) is 9.96. The van der Waals surface area contributed by atoms with Crippen molar-refractivity contribution in [3.63, 3.8) is 0 Å². The van der Waals surface area contributed by atoms with Gasteiger partial charge in [-0.05, 0) is 59.4 Å². The molecule has 2 aliphatic rings. The van der Waals surface area contributed by atoms with Crippen molar-refractivity contribution >= 4 is 33.2 Å². The molecule has 3 atom stereocenters. The van der Waals surface area contributed by atoms with Crippen molar-refractivity contribution in [2.75, 3.05) is 4.90 Å². The fraction of sp³-hybridized carbons (Fsp3) is 0.116. The lowest BCUT2D eigenvalue weighted by molar-refractivity contribution is 0.485. The van der Waals surface area contributed by atoms with Crippen molar-refractivity contribution in [1.29, 1.82) is 0 Å². The van der Waals surface area contributed by atoms with Gasteiger partial charge < -0.3 is 9.47 Å². The highest BCUT2D eigenvalue weighted by Gasteiger charge is 2.40. The van der Waals surface area contributed by atoms with Gasteiger partial charge in [0.25, 0.3) is 0 Å². The van der Waals surface area contributed by atoms with Crippen molar-refractivity contribution in [3.8, 4) is 27.9 Å². The average molecular weight is 579 g/mol. The van der Waals surface area contributed by atoms with E-state index in [-0.39, 0.29) is 0 Å². The van der Waals surface area contributed by atoms with E-state index in [1.165, 1.54) is 66.7 Å². The molecule has 6 aromatic carbocycles. The Morgan fingerprint density at radius 1 is 0.467 bits per heavy atom. The minimum Gasteiger partial charge on any atom is -0.337 e. The number of anilines is 2. The molecule has 0 saturated heterocycles. The van der Waals surface area contributed by atoms with Crippen LogP contribution in [0.4, 0.5) is 11.4 Å². The van der Waals surface area contributed by atoms with E-state index in [4.69, 9.17) is 0 Å². The van der Waals surface area contributed by atoms with Crippen LogP contribution in [-0.4, -0.2) is 10.6 Å². The van der Waals surface area contributed by atoms with Gasteiger partial charge in [-0.15, -0.1) is 0 Å². The summed E-state index contributed by atoms with van der Waals surface area (Å²) in [5, 5.41) is 2.55.